The number of hydrogen-bond acceptors (Lipinski definition) is 3. The summed E-state index contributed by atoms with van der Waals surface area (Å²) >= 11 is 0. The third kappa shape index (κ3) is 7.71. The average Bonchev–Trinajstić information content (AvgIpc) is 2.43. The Bertz CT molecular complexity index is 415. The standard InChI is InChI=1S/C17H28N2O2/c1-13(2)12-21-10-4-9-19-17(20)11-14(3)15-5-7-16(18)8-6-15/h5-8,13-14H,4,9-12,18H2,1-3H3,(H,19,20). The summed E-state index contributed by atoms with van der Waals surface area (Å²) in [5.74, 6) is 0.839. The van der Waals surface area contributed by atoms with Crippen molar-refractivity contribution in [2.24, 2.45) is 5.92 Å². The first-order valence-corrected chi connectivity index (χ1v) is 7.69. The Hall–Kier alpha value is -1.55. The highest BCUT2D eigenvalue weighted by molar-refractivity contribution is 5.76. The number of amides is 1. The zero-order valence-electron chi connectivity index (χ0n) is 13.4. The van der Waals surface area contributed by atoms with E-state index in [1.165, 1.54) is 0 Å². The van der Waals surface area contributed by atoms with Crippen LogP contribution in [0.5, 0.6) is 0 Å². The molecule has 0 aliphatic heterocycles. The Morgan fingerprint density at radius 3 is 2.52 bits per heavy atom. The van der Waals surface area contributed by atoms with Gasteiger partial charge in [0.2, 0.25) is 5.91 Å². The van der Waals surface area contributed by atoms with E-state index in [-0.39, 0.29) is 11.8 Å². The van der Waals surface area contributed by atoms with E-state index in [0.29, 0.717) is 25.5 Å². The van der Waals surface area contributed by atoms with E-state index in [1.54, 1.807) is 0 Å². The molecule has 0 aliphatic carbocycles. The summed E-state index contributed by atoms with van der Waals surface area (Å²) in [7, 11) is 0. The van der Waals surface area contributed by atoms with Crippen molar-refractivity contribution < 1.29 is 9.53 Å². The molecule has 1 rings (SSSR count). The Labute approximate surface area is 128 Å². The molecule has 4 heteroatoms. The molecular weight excluding hydrogens is 264 g/mol. The van der Waals surface area contributed by atoms with E-state index in [0.717, 1.165) is 24.3 Å². The first-order valence-electron chi connectivity index (χ1n) is 7.69. The molecule has 0 saturated heterocycles. The van der Waals surface area contributed by atoms with Crippen molar-refractivity contribution in [3.63, 3.8) is 0 Å². The van der Waals surface area contributed by atoms with Crippen LogP contribution in [0.3, 0.4) is 0 Å². The molecule has 0 radical (unpaired) electrons. The monoisotopic (exact) mass is 292 g/mol. The molecular formula is C17H28N2O2. The van der Waals surface area contributed by atoms with Gasteiger partial charge in [-0.2, -0.15) is 0 Å². The van der Waals surface area contributed by atoms with Crippen LogP contribution in [0.2, 0.25) is 0 Å². The molecule has 0 aliphatic rings. The maximum absolute atomic E-state index is 11.9. The minimum absolute atomic E-state index is 0.0863. The Balaban J connectivity index is 2.17. The minimum atomic E-state index is 0.0863. The molecule has 1 amide bonds. The van der Waals surface area contributed by atoms with Crippen molar-refractivity contribution in [1.29, 1.82) is 0 Å². The SMILES string of the molecule is CC(C)COCCCNC(=O)CC(C)c1ccc(N)cc1. The molecule has 0 aromatic heterocycles. The van der Waals surface area contributed by atoms with Crippen LogP contribution in [-0.4, -0.2) is 25.7 Å². The topological polar surface area (TPSA) is 64.3 Å². The lowest BCUT2D eigenvalue weighted by Gasteiger charge is -2.12. The highest BCUT2D eigenvalue weighted by atomic mass is 16.5. The normalized spacial score (nSPS) is 12.4. The number of rotatable bonds is 9. The van der Waals surface area contributed by atoms with Gasteiger partial charge in [-0.3, -0.25) is 4.79 Å². The summed E-state index contributed by atoms with van der Waals surface area (Å²) in [6.07, 6.45) is 1.35. The molecule has 4 nitrogen and oxygen atoms in total. The number of nitrogens with two attached hydrogens (primary N) is 1. The highest BCUT2D eigenvalue weighted by Gasteiger charge is 2.10. The van der Waals surface area contributed by atoms with Crippen molar-refractivity contribution in [2.75, 3.05) is 25.5 Å². The van der Waals surface area contributed by atoms with Crippen LogP contribution in [-0.2, 0) is 9.53 Å². The second-order valence-electron chi connectivity index (χ2n) is 5.94. The van der Waals surface area contributed by atoms with E-state index in [1.807, 2.05) is 24.3 Å². The quantitative estimate of drug-likeness (QED) is 0.543. The fourth-order valence-corrected chi connectivity index (χ4v) is 2.01. The Kier molecular flexibility index (Phi) is 7.83. The van der Waals surface area contributed by atoms with Crippen LogP contribution in [0.15, 0.2) is 24.3 Å². The van der Waals surface area contributed by atoms with Gasteiger partial charge in [0, 0.05) is 31.9 Å². The molecule has 118 valence electrons. The Morgan fingerprint density at radius 1 is 1.24 bits per heavy atom. The lowest BCUT2D eigenvalue weighted by molar-refractivity contribution is -0.121. The van der Waals surface area contributed by atoms with Crippen LogP contribution in [0.1, 0.15) is 45.1 Å². The molecule has 1 aromatic rings. The number of nitrogens with one attached hydrogen (secondary N) is 1. The first kappa shape index (κ1) is 17.5. The van der Waals surface area contributed by atoms with Crippen LogP contribution in [0.25, 0.3) is 0 Å². The summed E-state index contributed by atoms with van der Waals surface area (Å²) in [6, 6.07) is 7.70. The van der Waals surface area contributed by atoms with Gasteiger partial charge in [0.05, 0.1) is 0 Å². The second-order valence-corrected chi connectivity index (χ2v) is 5.94. The van der Waals surface area contributed by atoms with Crippen LogP contribution < -0.4 is 11.1 Å². The molecule has 1 unspecified atom stereocenters. The molecule has 0 saturated carbocycles. The number of carbonyl (C=O) groups excluding carboxylic acids is 1. The summed E-state index contributed by atoms with van der Waals surface area (Å²) in [6.45, 7) is 8.46. The van der Waals surface area contributed by atoms with E-state index in [4.69, 9.17) is 10.5 Å². The molecule has 3 N–H and O–H groups in total. The zero-order valence-corrected chi connectivity index (χ0v) is 13.4. The van der Waals surface area contributed by atoms with Crippen molar-refractivity contribution in [3.8, 4) is 0 Å². The van der Waals surface area contributed by atoms with Crippen LogP contribution >= 0.6 is 0 Å². The average molecular weight is 292 g/mol. The summed E-state index contributed by atoms with van der Waals surface area (Å²) in [5, 5.41) is 2.94. The number of ether oxygens (including phenoxy) is 1. The fraction of sp³-hybridized carbons (Fsp3) is 0.588. The van der Waals surface area contributed by atoms with Gasteiger partial charge in [-0.25, -0.2) is 0 Å². The van der Waals surface area contributed by atoms with E-state index in [2.05, 4.69) is 26.1 Å². The van der Waals surface area contributed by atoms with Crippen molar-refractivity contribution in [1.82, 2.24) is 5.32 Å². The van der Waals surface area contributed by atoms with Gasteiger partial charge in [0.15, 0.2) is 0 Å². The summed E-state index contributed by atoms with van der Waals surface area (Å²) < 4.78 is 5.48. The van der Waals surface area contributed by atoms with Crippen molar-refractivity contribution >= 4 is 11.6 Å². The highest BCUT2D eigenvalue weighted by Crippen LogP contribution is 2.19. The maximum Gasteiger partial charge on any atom is 0.220 e. The lowest BCUT2D eigenvalue weighted by atomic mass is 9.97. The number of hydrogen-bond donors (Lipinski definition) is 2. The summed E-state index contributed by atoms with van der Waals surface area (Å²) in [4.78, 5) is 11.9. The van der Waals surface area contributed by atoms with Gasteiger partial charge in [-0.05, 0) is 36.0 Å². The third-order valence-electron chi connectivity index (χ3n) is 3.24. The number of benzene rings is 1. The molecule has 1 atom stereocenters. The van der Waals surface area contributed by atoms with Gasteiger partial charge < -0.3 is 15.8 Å². The van der Waals surface area contributed by atoms with Crippen LogP contribution in [0, 0.1) is 5.92 Å². The molecule has 1 aromatic carbocycles. The number of carbonyl (C=O) groups is 1. The second kappa shape index (κ2) is 9.40. The first-order chi connectivity index (χ1) is 9.99. The van der Waals surface area contributed by atoms with Gasteiger partial charge >= 0.3 is 0 Å². The third-order valence-corrected chi connectivity index (χ3v) is 3.24. The molecule has 0 heterocycles. The number of anilines is 1. The minimum Gasteiger partial charge on any atom is -0.399 e. The van der Waals surface area contributed by atoms with E-state index < -0.39 is 0 Å². The van der Waals surface area contributed by atoms with Crippen molar-refractivity contribution in [2.45, 2.75) is 39.5 Å². The predicted molar refractivity (Wildman–Crippen MR) is 87.2 cm³/mol. The molecule has 0 spiro atoms. The van der Waals surface area contributed by atoms with Crippen molar-refractivity contribution in [3.05, 3.63) is 29.8 Å². The predicted octanol–water partition coefficient (Wildman–Crippen LogP) is 2.94. The van der Waals surface area contributed by atoms with Gasteiger partial charge in [-0.15, -0.1) is 0 Å². The van der Waals surface area contributed by atoms with E-state index >= 15 is 0 Å². The smallest absolute Gasteiger partial charge is 0.220 e. The largest absolute Gasteiger partial charge is 0.399 e. The van der Waals surface area contributed by atoms with E-state index in [9.17, 15) is 4.79 Å². The molecule has 0 fully saturated rings. The van der Waals surface area contributed by atoms with Crippen LogP contribution in [0.4, 0.5) is 5.69 Å². The lowest BCUT2D eigenvalue weighted by Crippen LogP contribution is -2.26. The maximum atomic E-state index is 11.9. The van der Waals surface area contributed by atoms with Gasteiger partial charge in [-0.1, -0.05) is 32.9 Å². The fourth-order valence-electron chi connectivity index (χ4n) is 2.01. The summed E-state index contributed by atoms with van der Waals surface area (Å²) in [5.41, 5.74) is 7.55. The zero-order chi connectivity index (χ0) is 15.7. The van der Waals surface area contributed by atoms with Gasteiger partial charge in [0.25, 0.3) is 0 Å². The molecule has 0 bridgehead atoms. The molecule has 21 heavy (non-hydrogen) atoms. The Morgan fingerprint density at radius 2 is 1.90 bits per heavy atom. The number of nitrogen functional groups attached to an aromatic ring is 1. The van der Waals surface area contributed by atoms with Gasteiger partial charge in [0.1, 0.15) is 0 Å².